The van der Waals surface area contributed by atoms with E-state index in [9.17, 15) is 0 Å². The molecule has 31 heavy (non-hydrogen) atoms. The summed E-state index contributed by atoms with van der Waals surface area (Å²) in [5, 5.41) is 15.2. The molecule has 1 aliphatic heterocycles. The van der Waals surface area contributed by atoms with Crippen molar-refractivity contribution < 1.29 is 0 Å². The minimum Gasteiger partial charge on any atom is -0.349 e. The van der Waals surface area contributed by atoms with E-state index in [0.717, 1.165) is 77.4 Å². The summed E-state index contributed by atoms with van der Waals surface area (Å²) in [6.45, 7) is 6.15. The highest BCUT2D eigenvalue weighted by atomic mass is 79.9. The summed E-state index contributed by atoms with van der Waals surface area (Å²) in [6, 6.07) is 14.3. The maximum Gasteiger partial charge on any atom is 0.182 e. The van der Waals surface area contributed by atoms with Gasteiger partial charge in [0.05, 0.1) is 22.1 Å². The lowest BCUT2D eigenvalue weighted by Gasteiger charge is -2.32. The zero-order chi connectivity index (χ0) is 21.4. The third-order valence-corrected chi connectivity index (χ3v) is 6.83. The standard InChI is InChI=1S/C23H26BrN7/c1-28-11-13-30(14-12-28)15-16-31-23-19(22(27-31)18-9-6-10-29(18)2)20(24)21(25-26-23)17-7-4-3-5-8-17/h3-10H,11-16H2,1-2H3. The summed E-state index contributed by atoms with van der Waals surface area (Å²) in [7, 11) is 4.23. The minimum absolute atomic E-state index is 0.788. The van der Waals surface area contributed by atoms with Crippen molar-refractivity contribution in [2.24, 2.45) is 7.05 Å². The third kappa shape index (κ3) is 3.91. The third-order valence-electron chi connectivity index (χ3n) is 6.06. The maximum absolute atomic E-state index is 5.01. The van der Waals surface area contributed by atoms with Gasteiger partial charge >= 0.3 is 0 Å². The molecule has 0 radical (unpaired) electrons. The van der Waals surface area contributed by atoms with Crippen molar-refractivity contribution in [3.8, 4) is 22.6 Å². The van der Waals surface area contributed by atoms with Crippen LogP contribution < -0.4 is 0 Å². The van der Waals surface area contributed by atoms with Gasteiger partial charge in [0, 0.05) is 51.5 Å². The van der Waals surface area contributed by atoms with Gasteiger partial charge in [-0.3, -0.25) is 4.90 Å². The molecule has 8 heteroatoms. The van der Waals surface area contributed by atoms with Crippen LogP contribution in [0.15, 0.2) is 53.1 Å². The van der Waals surface area contributed by atoms with E-state index in [2.05, 4.69) is 65.7 Å². The van der Waals surface area contributed by atoms with Crippen LogP contribution in [0.4, 0.5) is 0 Å². The number of piperazine rings is 1. The van der Waals surface area contributed by atoms with E-state index in [1.54, 1.807) is 0 Å². The molecule has 0 unspecified atom stereocenters. The first-order valence-electron chi connectivity index (χ1n) is 10.6. The number of hydrogen-bond acceptors (Lipinski definition) is 5. The van der Waals surface area contributed by atoms with E-state index >= 15 is 0 Å². The molecule has 160 valence electrons. The number of benzene rings is 1. The second-order valence-corrected chi connectivity index (χ2v) is 8.94. The van der Waals surface area contributed by atoms with Gasteiger partial charge < -0.3 is 9.47 Å². The van der Waals surface area contributed by atoms with Gasteiger partial charge in [-0.25, -0.2) is 4.68 Å². The molecule has 5 rings (SSSR count). The monoisotopic (exact) mass is 479 g/mol. The van der Waals surface area contributed by atoms with E-state index in [1.165, 1.54) is 0 Å². The van der Waals surface area contributed by atoms with Gasteiger partial charge in [-0.15, -0.1) is 10.2 Å². The Labute approximate surface area is 190 Å². The fourth-order valence-corrected chi connectivity index (χ4v) is 4.82. The SMILES string of the molecule is CN1CCN(CCn2nc(-c3cccn3C)c3c(Br)c(-c4ccccc4)nnc32)CC1. The number of aryl methyl sites for hydroxylation is 1. The summed E-state index contributed by atoms with van der Waals surface area (Å²) < 4.78 is 5.05. The van der Waals surface area contributed by atoms with Crippen LogP contribution in [0.1, 0.15) is 0 Å². The van der Waals surface area contributed by atoms with Crippen LogP contribution in [-0.2, 0) is 13.6 Å². The molecule has 0 N–H and O–H groups in total. The van der Waals surface area contributed by atoms with Crippen molar-refractivity contribution >= 4 is 27.0 Å². The highest BCUT2D eigenvalue weighted by Gasteiger charge is 2.22. The van der Waals surface area contributed by atoms with Gasteiger partial charge in [0.1, 0.15) is 11.4 Å². The molecule has 0 bridgehead atoms. The fraction of sp³-hybridized carbons (Fsp3) is 0.348. The molecule has 1 saturated heterocycles. The number of nitrogens with zero attached hydrogens (tertiary/aromatic N) is 7. The first kappa shape index (κ1) is 20.4. The van der Waals surface area contributed by atoms with Crippen molar-refractivity contribution in [3.63, 3.8) is 0 Å². The average molecular weight is 480 g/mol. The van der Waals surface area contributed by atoms with Crippen LogP contribution in [0.5, 0.6) is 0 Å². The van der Waals surface area contributed by atoms with E-state index in [1.807, 2.05) is 42.2 Å². The lowest BCUT2D eigenvalue weighted by Crippen LogP contribution is -2.45. The number of likely N-dealkylation sites (N-methyl/N-ethyl adjacent to an activating group) is 1. The van der Waals surface area contributed by atoms with Crippen molar-refractivity contribution in [2.75, 3.05) is 39.8 Å². The zero-order valence-corrected chi connectivity index (χ0v) is 19.5. The Kier molecular flexibility index (Phi) is 5.60. The molecule has 1 aliphatic rings. The molecule has 0 atom stereocenters. The summed E-state index contributed by atoms with van der Waals surface area (Å²) in [5.41, 5.74) is 4.68. The molecule has 1 aromatic carbocycles. The van der Waals surface area contributed by atoms with Crippen LogP contribution in [0.3, 0.4) is 0 Å². The van der Waals surface area contributed by atoms with Crippen molar-refractivity contribution in [3.05, 3.63) is 53.1 Å². The molecular weight excluding hydrogens is 454 g/mol. The molecule has 0 saturated carbocycles. The quantitative estimate of drug-likeness (QED) is 0.438. The summed E-state index contributed by atoms with van der Waals surface area (Å²) >= 11 is 3.85. The zero-order valence-electron chi connectivity index (χ0n) is 17.9. The number of rotatable bonds is 5. The molecule has 0 spiro atoms. The van der Waals surface area contributed by atoms with Crippen LogP contribution >= 0.6 is 15.9 Å². The number of fused-ring (bicyclic) bond motifs is 1. The Bertz CT molecular complexity index is 1190. The lowest BCUT2D eigenvalue weighted by molar-refractivity contribution is 0.149. The van der Waals surface area contributed by atoms with E-state index < -0.39 is 0 Å². The second-order valence-electron chi connectivity index (χ2n) is 8.15. The van der Waals surface area contributed by atoms with Crippen LogP contribution in [0, 0.1) is 0 Å². The van der Waals surface area contributed by atoms with Gasteiger partial charge in [-0.05, 0) is 35.1 Å². The molecule has 3 aromatic heterocycles. The predicted molar refractivity (Wildman–Crippen MR) is 127 cm³/mol. The normalized spacial score (nSPS) is 15.7. The smallest absolute Gasteiger partial charge is 0.182 e. The van der Waals surface area contributed by atoms with Gasteiger partial charge in [-0.1, -0.05) is 30.3 Å². The van der Waals surface area contributed by atoms with Gasteiger partial charge in [0.25, 0.3) is 0 Å². The predicted octanol–water partition coefficient (Wildman–Crippen LogP) is 3.51. The number of halogens is 1. The highest BCUT2D eigenvalue weighted by molar-refractivity contribution is 9.10. The Morgan fingerprint density at radius 1 is 0.871 bits per heavy atom. The molecule has 0 amide bonds. The van der Waals surface area contributed by atoms with Crippen molar-refractivity contribution in [1.82, 2.24) is 34.3 Å². The summed E-state index contributed by atoms with van der Waals surface area (Å²) in [4.78, 5) is 4.87. The van der Waals surface area contributed by atoms with E-state index in [0.29, 0.717) is 0 Å². The number of hydrogen-bond donors (Lipinski definition) is 0. The highest BCUT2D eigenvalue weighted by Crippen LogP contribution is 2.37. The van der Waals surface area contributed by atoms with Crippen LogP contribution in [0.2, 0.25) is 0 Å². The van der Waals surface area contributed by atoms with Gasteiger partial charge in [0.15, 0.2) is 5.65 Å². The lowest BCUT2D eigenvalue weighted by atomic mass is 10.1. The first-order valence-corrected chi connectivity index (χ1v) is 11.4. The Balaban J connectivity index is 1.57. The molecule has 4 aromatic rings. The molecule has 1 fully saturated rings. The molecule has 0 aliphatic carbocycles. The Morgan fingerprint density at radius 3 is 2.35 bits per heavy atom. The number of aromatic nitrogens is 5. The first-order chi connectivity index (χ1) is 15.1. The largest absolute Gasteiger partial charge is 0.349 e. The Morgan fingerprint density at radius 2 is 1.65 bits per heavy atom. The molecule has 7 nitrogen and oxygen atoms in total. The summed E-state index contributed by atoms with van der Waals surface area (Å²) in [6.07, 6.45) is 2.05. The minimum atomic E-state index is 0.788. The molecular formula is C23H26BrN7. The van der Waals surface area contributed by atoms with E-state index in [4.69, 9.17) is 5.10 Å². The maximum atomic E-state index is 5.01. The van der Waals surface area contributed by atoms with Gasteiger partial charge in [0.2, 0.25) is 0 Å². The molecule has 4 heterocycles. The Hall–Kier alpha value is -2.55. The van der Waals surface area contributed by atoms with Crippen molar-refractivity contribution in [1.29, 1.82) is 0 Å². The van der Waals surface area contributed by atoms with E-state index in [-0.39, 0.29) is 0 Å². The van der Waals surface area contributed by atoms with Crippen molar-refractivity contribution in [2.45, 2.75) is 6.54 Å². The fourth-order valence-electron chi connectivity index (χ4n) is 4.15. The summed E-state index contributed by atoms with van der Waals surface area (Å²) in [5.74, 6) is 0. The topological polar surface area (TPSA) is 55.0 Å². The van der Waals surface area contributed by atoms with Crippen LogP contribution in [-0.4, -0.2) is 74.1 Å². The second kappa shape index (κ2) is 8.53. The average Bonchev–Trinajstić information content (AvgIpc) is 3.38. The van der Waals surface area contributed by atoms with Gasteiger partial charge in [-0.2, -0.15) is 5.10 Å². The van der Waals surface area contributed by atoms with Crippen LogP contribution in [0.25, 0.3) is 33.7 Å².